The predicted molar refractivity (Wildman–Crippen MR) is 79.6 cm³/mol. The number of anilines is 1. The molecule has 1 aromatic heterocycles. The van der Waals surface area contributed by atoms with Crippen LogP contribution in [0.25, 0.3) is 0 Å². The van der Waals surface area contributed by atoms with Crippen LogP contribution in [-0.4, -0.2) is 16.6 Å². The van der Waals surface area contributed by atoms with Gasteiger partial charge in [0.2, 0.25) is 0 Å². The summed E-state index contributed by atoms with van der Waals surface area (Å²) in [5.41, 5.74) is -3.85. The van der Waals surface area contributed by atoms with Gasteiger partial charge in [0.25, 0.3) is 5.69 Å². The van der Waals surface area contributed by atoms with E-state index in [0.29, 0.717) is 11.8 Å². The Labute approximate surface area is 135 Å². The molecule has 0 saturated carbocycles. The van der Waals surface area contributed by atoms with Crippen molar-refractivity contribution in [1.82, 2.24) is 0 Å². The number of nitro groups is 1. The number of nitrogens with zero attached hydrogens (tertiary/aromatic N) is 1. The van der Waals surface area contributed by atoms with E-state index in [-0.39, 0.29) is 18.0 Å². The van der Waals surface area contributed by atoms with Gasteiger partial charge in [0.15, 0.2) is 0 Å². The van der Waals surface area contributed by atoms with Gasteiger partial charge < -0.3 is 14.8 Å². The quantitative estimate of drug-likeness (QED) is 0.635. The third-order valence-corrected chi connectivity index (χ3v) is 3.41. The average molecular weight is 344 g/mol. The molecule has 1 heterocycles. The van der Waals surface area contributed by atoms with E-state index in [1.807, 2.05) is 0 Å². The molecule has 0 aliphatic heterocycles. The highest BCUT2D eigenvalue weighted by Crippen LogP contribution is 2.37. The molecule has 0 saturated heterocycles. The van der Waals surface area contributed by atoms with Crippen molar-refractivity contribution < 1.29 is 27.6 Å². The molecule has 0 spiro atoms. The van der Waals surface area contributed by atoms with Crippen molar-refractivity contribution in [2.45, 2.75) is 25.6 Å². The normalized spacial score (nSPS) is 14.2. The molecule has 1 atom stereocenters. The van der Waals surface area contributed by atoms with E-state index in [9.17, 15) is 28.4 Å². The number of aryl methyl sites for hydroxylation is 1. The van der Waals surface area contributed by atoms with E-state index in [1.54, 1.807) is 19.1 Å². The second kappa shape index (κ2) is 6.16. The molecule has 2 rings (SSSR count). The molecule has 9 heteroatoms. The summed E-state index contributed by atoms with van der Waals surface area (Å²) in [6, 6.07) is 5.78. The maximum absolute atomic E-state index is 12.9. The van der Waals surface area contributed by atoms with E-state index >= 15 is 0 Å². The maximum atomic E-state index is 12.9. The highest BCUT2D eigenvalue weighted by molar-refractivity contribution is 5.55. The van der Waals surface area contributed by atoms with Crippen LogP contribution in [0, 0.1) is 17.0 Å². The second-order valence-electron chi connectivity index (χ2n) is 5.52. The summed E-state index contributed by atoms with van der Waals surface area (Å²) in [6.45, 7) is 2.99. The number of aliphatic hydroxyl groups is 1. The summed E-state index contributed by atoms with van der Waals surface area (Å²) >= 11 is 0. The lowest BCUT2D eigenvalue weighted by atomic mass is 10.0. The van der Waals surface area contributed by atoms with Crippen LogP contribution in [0.15, 0.2) is 34.7 Å². The van der Waals surface area contributed by atoms with Crippen LogP contribution in [0.2, 0.25) is 0 Å². The molecule has 24 heavy (non-hydrogen) atoms. The van der Waals surface area contributed by atoms with Gasteiger partial charge in [-0.1, -0.05) is 0 Å². The third kappa shape index (κ3) is 3.85. The van der Waals surface area contributed by atoms with Crippen molar-refractivity contribution in [3.05, 3.63) is 57.5 Å². The van der Waals surface area contributed by atoms with E-state index < -0.39 is 28.0 Å². The van der Waals surface area contributed by atoms with E-state index in [4.69, 9.17) is 4.42 Å². The van der Waals surface area contributed by atoms with Crippen LogP contribution < -0.4 is 5.32 Å². The van der Waals surface area contributed by atoms with Crippen molar-refractivity contribution in [3.8, 4) is 0 Å². The lowest BCUT2D eigenvalue weighted by molar-refractivity contribution is -0.388. The predicted octanol–water partition coefficient (Wildman–Crippen LogP) is 3.83. The largest absolute Gasteiger partial charge is 0.463 e. The van der Waals surface area contributed by atoms with Gasteiger partial charge in [-0.15, -0.1) is 0 Å². The summed E-state index contributed by atoms with van der Waals surface area (Å²) in [6.07, 6.45) is -4.86. The summed E-state index contributed by atoms with van der Waals surface area (Å²) < 4.78 is 44.1. The van der Waals surface area contributed by atoms with Crippen LogP contribution in [0.5, 0.6) is 0 Å². The number of nitro benzene ring substituents is 1. The standard InChI is InChI=1S/C15H15F3N2O4/c1-9-3-6-13(24-9)14(2,21)8-19-10-4-5-12(20(22)23)11(7-10)15(16,17)18/h3-7,19,21H,8H2,1-2H3. The van der Waals surface area contributed by atoms with Gasteiger partial charge >= 0.3 is 6.18 Å². The molecule has 1 unspecified atom stereocenters. The van der Waals surface area contributed by atoms with Crippen molar-refractivity contribution >= 4 is 11.4 Å². The summed E-state index contributed by atoms with van der Waals surface area (Å²) in [5.74, 6) is 0.838. The number of halogens is 3. The Bertz CT molecular complexity index is 753. The fourth-order valence-corrected chi connectivity index (χ4v) is 2.12. The average Bonchev–Trinajstić information content (AvgIpc) is 2.91. The number of furan rings is 1. The van der Waals surface area contributed by atoms with Crippen molar-refractivity contribution in [2.24, 2.45) is 0 Å². The zero-order valence-electron chi connectivity index (χ0n) is 12.8. The number of rotatable bonds is 5. The minimum Gasteiger partial charge on any atom is -0.463 e. The fourth-order valence-electron chi connectivity index (χ4n) is 2.12. The SMILES string of the molecule is Cc1ccc(C(C)(O)CNc2ccc([N+](=O)[O-])c(C(F)(F)F)c2)o1. The molecule has 0 fully saturated rings. The van der Waals surface area contributed by atoms with E-state index in [1.165, 1.54) is 6.92 Å². The lowest BCUT2D eigenvalue weighted by Crippen LogP contribution is -2.30. The molecular formula is C15H15F3N2O4. The van der Waals surface area contributed by atoms with Gasteiger partial charge in [-0.2, -0.15) is 13.2 Å². The van der Waals surface area contributed by atoms with Crippen LogP contribution in [-0.2, 0) is 11.8 Å². The monoisotopic (exact) mass is 344 g/mol. The van der Waals surface area contributed by atoms with Crippen LogP contribution in [0.3, 0.4) is 0 Å². The van der Waals surface area contributed by atoms with Crippen molar-refractivity contribution in [3.63, 3.8) is 0 Å². The van der Waals surface area contributed by atoms with E-state index in [0.717, 1.165) is 12.1 Å². The smallest absolute Gasteiger partial charge is 0.423 e. The Balaban J connectivity index is 2.23. The van der Waals surface area contributed by atoms with Crippen molar-refractivity contribution in [2.75, 3.05) is 11.9 Å². The minimum atomic E-state index is -4.86. The fraction of sp³-hybridized carbons (Fsp3) is 0.333. The number of alkyl halides is 3. The molecule has 6 nitrogen and oxygen atoms in total. The van der Waals surface area contributed by atoms with Crippen LogP contribution in [0.4, 0.5) is 24.5 Å². The van der Waals surface area contributed by atoms with Gasteiger partial charge in [0.05, 0.1) is 11.5 Å². The second-order valence-corrected chi connectivity index (χ2v) is 5.52. The number of nitrogens with one attached hydrogen (secondary N) is 1. The van der Waals surface area contributed by atoms with Gasteiger partial charge in [-0.05, 0) is 38.1 Å². The maximum Gasteiger partial charge on any atom is 0.423 e. The lowest BCUT2D eigenvalue weighted by Gasteiger charge is -2.22. The number of hydrogen-bond acceptors (Lipinski definition) is 5. The van der Waals surface area contributed by atoms with Gasteiger partial charge in [-0.3, -0.25) is 10.1 Å². The zero-order valence-corrected chi connectivity index (χ0v) is 12.8. The molecule has 0 radical (unpaired) electrons. The molecule has 2 aromatic rings. The zero-order chi connectivity index (χ0) is 18.1. The molecule has 1 aromatic carbocycles. The van der Waals surface area contributed by atoms with Crippen LogP contribution >= 0.6 is 0 Å². The Kier molecular flexibility index (Phi) is 4.57. The van der Waals surface area contributed by atoms with Crippen molar-refractivity contribution in [1.29, 1.82) is 0 Å². The third-order valence-electron chi connectivity index (χ3n) is 3.41. The first-order valence-electron chi connectivity index (χ1n) is 6.89. The molecule has 0 aliphatic rings. The first-order valence-corrected chi connectivity index (χ1v) is 6.89. The number of hydrogen-bond donors (Lipinski definition) is 2. The topological polar surface area (TPSA) is 88.5 Å². The molecule has 0 amide bonds. The van der Waals surface area contributed by atoms with Gasteiger partial charge in [0, 0.05) is 11.8 Å². The first-order chi connectivity index (χ1) is 11.0. The Hall–Kier alpha value is -2.55. The molecule has 2 N–H and O–H groups in total. The highest BCUT2D eigenvalue weighted by Gasteiger charge is 2.38. The van der Waals surface area contributed by atoms with Crippen LogP contribution in [0.1, 0.15) is 24.0 Å². The summed E-state index contributed by atoms with van der Waals surface area (Å²) in [7, 11) is 0. The first kappa shape index (κ1) is 17.8. The molecule has 0 bridgehead atoms. The minimum absolute atomic E-state index is 0.00326. The van der Waals surface area contributed by atoms with Gasteiger partial charge in [-0.25, -0.2) is 0 Å². The summed E-state index contributed by atoms with van der Waals surface area (Å²) in [4.78, 5) is 9.63. The highest BCUT2D eigenvalue weighted by atomic mass is 19.4. The molecular weight excluding hydrogens is 329 g/mol. The molecule has 0 aliphatic carbocycles. The van der Waals surface area contributed by atoms with E-state index in [2.05, 4.69) is 5.32 Å². The Morgan fingerprint density at radius 3 is 2.46 bits per heavy atom. The summed E-state index contributed by atoms with van der Waals surface area (Å²) in [5, 5.41) is 23.7. The number of benzene rings is 1. The van der Waals surface area contributed by atoms with Gasteiger partial charge in [0.1, 0.15) is 22.7 Å². The Morgan fingerprint density at radius 2 is 1.96 bits per heavy atom. The molecule has 130 valence electrons. The Morgan fingerprint density at radius 1 is 1.29 bits per heavy atom.